The predicted octanol–water partition coefficient (Wildman–Crippen LogP) is 2.79. The zero-order valence-corrected chi connectivity index (χ0v) is 11.8. The summed E-state index contributed by atoms with van der Waals surface area (Å²) in [5.74, 6) is 0.170. The van der Waals surface area contributed by atoms with Crippen LogP contribution < -0.4 is 10.6 Å². The van der Waals surface area contributed by atoms with E-state index in [1.807, 2.05) is 19.1 Å². The van der Waals surface area contributed by atoms with E-state index in [0.29, 0.717) is 11.4 Å². The van der Waals surface area contributed by atoms with Gasteiger partial charge in [0.15, 0.2) is 0 Å². The van der Waals surface area contributed by atoms with Crippen molar-refractivity contribution in [3.05, 3.63) is 29.2 Å². The van der Waals surface area contributed by atoms with Gasteiger partial charge in [0.2, 0.25) is 5.91 Å². The quantitative estimate of drug-likeness (QED) is 0.621. The van der Waals surface area contributed by atoms with E-state index < -0.39 is 0 Å². The van der Waals surface area contributed by atoms with Gasteiger partial charge in [-0.3, -0.25) is 9.59 Å². The molecule has 1 aromatic rings. The zero-order valence-electron chi connectivity index (χ0n) is 10.9. The Balaban J connectivity index is 1.81. The molecule has 0 saturated heterocycles. The van der Waals surface area contributed by atoms with Crippen molar-refractivity contribution in [1.29, 1.82) is 0 Å². The molecule has 2 rings (SSSR count). The van der Waals surface area contributed by atoms with Gasteiger partial charge in [0, 0.05) is 12.5 Å². The molecule has 0 unspecified atom stereocenters. The topological polar surface area (TPSA) is 58.2 Å². The SMILES string of the molecule is C/C=C/CCNC(=O)c1ccc(NC(=O)C2CC2)s1. The molecule has 0 spiro atoms. The number of anilines is 1. The highest BCUT2D eigenvalue weighted by Gasteiger charge is 2.29. The van der Waals surface area contributed by atoms with Crippen molar-refractivity contribution in [3.63, 3.8) is 0 Å². The number of hydrogen-bond donors (Lipinski definition) is 2. The maximum absolute atomic E-state index is 11.8. The van der Waals surface area contributed by atoms with Crippen LogP contribution in [-0.2, 0) is 4.79 Å². The molecule has 1 aliphatic rings. The van der Waals surface area contributed by atoms with E-state index in [-0.39, 0.29) is 17.7 Å². The number of nitrogens with one attached hydrogen (secondary N) is 2. The fourth-order valence-electron chi connectivity index (χ4n) is 1.62. The molecule has 0 aromatic carbocycles. The first-order valence-corrected chi connectivity index (χ1v) is 7.32. The molecule has 1 heterocycles. The van der Waals surface area contributed by atoms with Gasteiger partial charge in [-0.15, -0.1) is 11.3 Å². The molecular weight excluding hydrogens is 260 g/mol. The van der Waals surface area contributed by atoms with Crippen LogP contribution in [0.15, 0.2) is 24.3 Å². The van der Waals surface area contributed by atoms with Gasteiger partial charge in [0.25, 0.3) is 5.91 Å². The van der Waals surface area contributed by atoms with E-state index in [2.05, 4.69) is 10.6 Å². The first-order chi connectivity index (χ1) is 9.20. The number of rotatable bonds is 6. The second-order valence-electron chi connectivity index (χ2n) is 4.54. The molecule has 2 N–H and O–H groups in total. The summed E-state index contributed by atoms with van der Waals surface area (Å²) in [5, 5.41) is 6.43. The van der Waals surface area contributed by atoms with E-state index >= 15 is 0 Å². The van der Waals surface area contributed by atoms with Crippen LogP contribution in [0.2, 0.25) is 0 Å². The minimum absolute atomic E-state index is 0.0712. The van der Waals surface area contributed by atoms with Crippen LogP contribution in [0.1, 0.15) is 35.9 Å². The van der Waals surface area contributed by atoms with E-state index in [1.54, 1.807) is 12.1 Å². The summed E-state index contributed by atoms with van der Waals surface area (Å²) in [5.41, 5.74) is 0. The molecule has 19 heavy (non-hydrogen) atoms. The number of carbonyl (C=O) groups excluding carboxylic acids is 2. The lowest BCUT2D eigenvalue weighted by molar-refractivity contribution is -0.117. The van der Waals surface area contributed by atoms with Crippen LogP contribution >= 0.6 is 11.3 Å². The monoisotopic (exact) mass is 278 g/mol. The minimum atomic E-state index is -0.0820. The molecule has 0 bridgehead atoms. The largest absolute Gasteiger partial charge is 0.351 e. The number of amides is 2. The van der Waals surface area contributed by atoms with Crippen LogP contribution in [-0.4, -0.2) is 18.4 Å². The summed E-state index contributed by atoms with van der Waals surface area (Å²) in [6.45, 7) is 2.58. The lowest BCUT2D eigenvalue weighted by atomic mass is 10.3. The van der Waals surface area contributed by atoms with Gasteiger partial charge in [-0.2, -0.15) is 0 Å². The third kappa shape index (κ3) is 4.21. The highest BCUT2D eigenvalue weighted by atomic mass is 32.1. The highest BCUT2D eigenvalue weighted by Crippen LogP contribution is 2.31. The maximum atomic E-state index is 11.8. The molecule has 1 saturated carbocycles. The third-order valence-corrected chi connectivity index (χ3v) is 3.86. The molecule has 0 aliphatic heterocycles. The van der Waals surface area contributed by atoms with Gasteiger partial charge in [-0.1, -0.05) is 12.2 Å². The summed E-state index contributed by atoms with van der Waals surface area (Å²) in [6, 6.07) is 3.53. The minimum Gasteiger partial charge on any atom is -0.351 e. The van der Waals surface area contributed by atoms with E-state index in [4.69, 9.17) is 0 Å². The van der Waals surface area contributed by atoms with Crippen LogP contribution in [0.25, 0.3) is 0 Å². The van der Waals surface area contributed by atoms with Crippen molar-refractivity contribution in [3.8, 4) is 0 Å². The first-order valence-electron chi connectivity index (χ1n) is 6.50. The molecule has 0 radical (unpaired) electrons. The first kappa shape index (κ1) is 13.8. The van der Waals surface area contributed by atoms with Crippen molar-refractivity contribution in [1.82, 2.24) is 5.32 Å². The Morgan fingerprint density at radius 1 is 1.42 bits per heavy atom. The molecule has 0 atom stereocenters. The maximum Gasteiger partial charge on any atom is 0.261 e. The normalized spacial score (nSPS) is 14.6. The number of thiophene rings is 1. The summed E-state index contributed by atoms with van der Waals surface area (Å²) in [4.78, 5) is 24.0. The van der Waals surface area contributed by atoms with Gasteiger partial charge < -0.3 is 10.6 Å². The predicted molar refractivity (Wildman–Crippen MR) is 77.4 cm³/mol. The lowest BCUT2D eigenvalue weighted by Gasteiger charge is -2.01. The van der Waals surface area contributed by atoms with Gasteiger partial charge in [0.05, 0.1) is 9.88 Å². The van der Waals surface area contributed by atoms with Crippen molar-refractivity contribution >= 4 is 28.2 Å². The number of carbonyl (C=O) groups is 2. The third-order valence-electron chi connectivity index (χ3n) is 2.86. The molecule has 102 valence electrons. The standard InChI is InChI=1S/C14H18N2O2S/c1-2-3-4-9-15-14(18)11-7-8-12(19-11)16-13(17)10-5-6-10/h2-3,7-8,10H,4-6,9H2,1H3,(H,15,18)(H,16,17)/b3-2+. The van der Waals surface area contributed by atoms with Gasteiger partial charge in [-0.25, -0.2) is 0 Å². The van der Waals surface area contributed by atoms with Crippen LogP contribution in [0, 0.1) is 5.92 Å². The fourth-order valence-corrected chi connectivity index (χ4v) is 2.44. The highest BCUT2D eigenvalue weighted by molar-refractivity contribution is 7.18. The van der Waals surface area contributed by atoms with Crippen molar-refractivity contribution in [2.45, 2.75) is 26.2 Å². The van der Waals surface area contributed by atoms with Crippen LogP contribution in [0.5, 0.6) is 0 Å². The average Bonchev–Trinajstić information content (AvgIpc) is 3.15. The number of allylic oxidation sites excluding steroid dienone is 1. The Morgan fingerprint density at radius 2 is 2.21 bits per heavy atom. The van der Waals surface area contributed by atoms with Crippen molar-refractivity contribution in [2.75, 3.05) is 11.9 Å². The molecule has 2 amide bonds. The van der Waals surface area contributed by atoms with E-state index in [9.17, 15) is 9.59 Å². The summed E-state index contributed by atoms with van der Waals surface area (Å²) < 4.78 is 0. The van der Waals surface area contributed by atoms with Crippen molar-refractivity contribution < 1.29 is 9.59 Å². The Hall–Kier alpha value is -1.62. The second kappa shape index (κ2) is 6.52. The number of hydrogen-bond acceptors (Lipinski definition) is 3. The summed E-state index contributed by atoms with van der Waals surface area (Å²) in [6.07, 6.45) is 6.77. The van der Waals surface area contributed by atoms with E-state index in [1.165, 1.54) is 11.3 Å². The Labute approximate surface area is 116 Å². The zero-order chi connectivity index (χ0) is 13.7. The van der Waals surface area contributed by atoms with Gasteiger partial charge >= 0.3 is 0 Å². The molecule has 5 heteroatoms. The Morgan fingerprint density at radius 3 is 2.89 bits per heavy atom. The van der Waals surface area contributed by atoms with Crippen LogP contribution in [0.3, 0.4) is 0 Å². The smallest absolute Gasteiger partial charge is 0.261 e. The summed E-state index contributed by atoms with van der Waals surface area (Å²) >= 11 is 1.32. The molecular formula is C14H18N2O2S. The Bertz CT molecular complexity index is 489. The van der Waals surface area contributed by atoms with Crippen LogP contribution in [0.4, 0.5) is 5.00 Å². The summed E-state index contributed by atoms with van der Waals surface area (Å²) in [7, 11) is 0. The van der Waals surface area contributed by atoms with Crippen molar-refractivity contribution in [2.24, 2.45) is 5.92 Å². The molecule has 4 nitrogen and oxygen atoms in total. The molecule has 1 fully saturated rings. The van der Waals surface area contributed by atoms with Gasteiger partial charge in [0.1, 0.15) is 0 Å². The molecule has 1 aliphatic carbocycles. The molecule has 1 aromatic heterocycles. The lowest BCUT2D eigenvalue weighted by Crippen LogP contribution is -2.23. The van der Waals surface area contributed by atoms with E-state index in [0.717, 1.165) is 24.3 Å². The average molecular weight is 278 g/mol. The van der Waals surface area contributed by atoms with Gasteiger partial charge in [-0.05, 0) is 38.3 Å². The second-order valence-corrected chi connectivity index (χ2v) is 5.62. The fraction of sp³-hybridized carbons (Fsp3) is 0.429. The Kier molecular flexibility index (Phi) is 4.74.